The minimum Gasteiger partial charge on any atom is -0.341 e. The topological polar surface area (TPSA) is 59.8 Å². The van der Waals surface area contributed by atoms with Crippen molar-refractivity contribution in [2.24, 2.45) is 7.05 Å². The highest BCUT2D eigenvalue weighted by atomic mass is 32.1. The Bertz CT molecular complexity index is 560. The summed E-state index contributed by atoms with van der Waals surface area (Å²) in [5, 5.41) is 5.69. The van der Waals surface area contributed by atoms with Gasteiger partial charge in [0.25, 0.3) is 5.91 Å². The minimum atomic E-state index is -0.134. The second-order valence-electron chi connectivity index (χ2n) is 4.46. The fourth-order valence-corrected chi connectivity index (χ4v) is 2.56. The maximum absolute atomic E-state index is 12.1. The third kappa shape index (κ3) is 3.20. The van der Waals surface area contributed by atoms with Crippen LogP contribution in [0, 0.1) is 6.92 Å². The van der Waals surface area contributed by atoms with Crippen molar-refractivity contribution in [3.8, 4) is 0 Å². The van der Waals surface area contributed by atoms with E-state index in [0.29, 0.717) is 5.69 Å². The third-order valence-electron chi connectivity index (χ3n) is 2.90. The molecule has 19 heavy (non-hydrogen) atoms. The van der Waals surface area contributed by atoms with Crippen molar-refractivity contribution in [1.82, 2.24) is 19.9 Å². The molecule has 0 unspecified atom stereocenters. The zero-order valence-electron chi connectivity index (χ0n) is 11.4. The van der Waals surface area contributed by atoms with Crippen LogP contribution in [0.2, 0.25) is 0 Å². The van der Waals surface area contributed by atoms with Gasteiger partial charge in [0.2, 0.25) is 0 Å². The van der Waals surface area contributed by atoms with Gasteiger partial charge in [0.1, 0.15) is 11.5 Å². The number of hydrogen-bond donors (Lipinski definition) is 1. The van der Waals surface area contributed by atoms with Gasteiger partial charge < -0.3 is 9.88 Å². The van der Waals surface area contributed by atoms with E-state index in [0.717, 1.165) is 23.7 Å². The normalized spacial score (nSPS) is 12.4. The van der Waals surface area contributed by atoms with E-state index in [1.54, 1.807) is 11.6 Å². The maximum Gasteiger partial charge on any atom is 0.271 e. The Balaban J connectivity index is 2.13. The Morgan fingerprint density at radius 2 is 2.37 bits per heavy atom. The van der Waals surface area contributed by atoms with E-state index in [1.165, 1.54) is 11.3 Å². The highest BCUT2D eigenvalue weighted by Gasteiger charge is 2.19. The van der Waals surface area contributed by atoms with E-state index in [2.05, 4.69) is 22.2 Å². The molecule has 0 aromatic carbocycles. The number of aromatic nitrogens is 3. The zero-order valence-corrected chi connectivity index (χ0v) is 12.2. The first-order valence-electron chi connectivity index (χ1n) is 6.32. The predicted molar refractivity (Wildman–Crippen MR) is 75.2 cm³/mol. The number of carbonyl (C=O) groups excluding carboxylic acids is 1. The average Bonchev–Trinajstić information content (AvgIpc) is 2.97. The summed E-state index contributed by atoms with van der Waals surface area (Å²) < 4.78 is 1.94. The molecule has 0 bridgehead atoms. The molecule has 1 N–H and O–H groups in total. The Hall–Kier alpha value is -1.69. The van der Waals surface area contributed by atoms with Crippen molar-refractivity contribution in [2.75, 3.05) is 0 Å². The molecule has 102 valence electrons. The van der Waals surface area contributed by atoms with Gasteiger partial charge in [-0.25, -0.2) is 9.97 Å². The van der Waals surface area contributed by atoms with Crippen LogP contribution in [0.5, 0.6) is 0 Å². The van der Waals surface area contributed by atoms with Crippen LogP contribution in [-0.2, 0) is 7.05 Å². The quantitative estimate of drug-likeness (QED) is 0.914. The molecule has 0 aliphatic carbocycles. The average molecular weight is 278 g/mol. The summed E-state index contributed by atoms with van der Waals surface area (Å²) in [5.74, 6) is 0.743. The van der Waals surface area contributed by atoms with Gasteiger partial charge in [-0.3, -0.25) is 4.79 Å². The van der Waals surface area contributed by atoms with Gasteiger partial charge in [0.05, 0.1) is 11.0 Å². The van der Waals surface area contributed by atoms with E-state index < -0.39 is 0 Å². The van der Waals surface area contributed by atoms with Crippen LogP contribution in [0.3, 0.4) is 0 Å². The zero-order chi connectivity index (χ0) is 13.8. The van der Waals surface area contributed by atoms with Crippen LogP contribution in [0.25, 0.3) is 0 Å². The standard InChI is InChI=1S/C13H18N4OS/c1-4-5-10(12-14-6-7-17(12)3)16-13(18)11-8-19-9(2)15-11/h6-8,10H,4-5H2,1-3H3,(H,16,18)/t10-/m1/s1. The number of nitrogens with zero attached hydrogens (tertiary/aromatic N) is 3. The van der Waals surface area contributed by atoms with Crippen molar-refractivity contribution in [3.05, 3.63) is 34.3 Å². The lowest BCUT2D eigenvalue weighted by Crippen LogP contribution is -2.30. The second-order valence-corrected chi connectivity index (χ2v) is 5.53. The molecule has 2 rings (SSSR count). The minimum absolute atomic E-state index is 0.0699. The Labute approximate surface area is 116 Å². The highest BCUT2D eigenvalue weighted by molar-refractivity contribution is 7.09. The lowest BCUT2D eigenvalue weighted by Gasteiger charge is -2.17. The molecule has 0 saturated heterocycles. The van der Waals surface area contributed by atoms with E-state index in [1.807, 2.05) is 24.7 Å². The third-order valence-corrected chi connectivity index (χ3v) is 3.68. The van der Waals surface area contributed by atoms with Crippen molar-refractivity contribution in [1.29, 1.82) is 0 Å². The molecule has 0 aliphatic rings. The number of rotatable bonds is 5. The molecule has 0 aliphatic heterocycles. The van der Waals surface area contributed by atoms with Crippen LogP contribution in [0.4, 0.5) is 0 Å². The first kappa shape index (κ1) is 13.7. The summed E-state index contributed by atoms with van der Waals surface area (Å²) in [5.41, 5.74) is 0.484. The van der Waals surface area contributed by atoms with Gasteiger partial charge in [0, 0.05) is 24.8 Å². The number of thiazole rings is 1. The van der Waals surface area contributed by atoms with Crippen LogP contribution in [0.1, 0.15) is 47.1 Å². The molecule has 6 heteroatoms. The van der Waals surface area contributed by atoms with Gasteiger partial charge in [0.15, 0.2) is 0 Å². The van der Waals surface area contributed by atoms with E-state index in [-0.39, 0.29) is 11.9 Å². The van der Waals surface area contributed by atoms with Crippen molar-refractivity contribution < 1.29 is 4.79 Å². The van der Waals surface area contributed by atoms with Gasteiger partial charge in [-0.2, -0.15) is 0 Å². The van der Waals surface area contributed by atoms with E-state index in [9.17, 15) is 4.79 Å². The molecule has 5 nitrogen and oxygen atoms in total. The van der Waals surface area contributed by atoms with Gasteiger partial charge in [-0.1, -0.05) is 13.3 Å². The highest BCUT2D eigenvalue weighted by Crippen LogP contribution is 2.17. The molecule has 1 atom stereocenters. The van der Waals surface area contributed by atoms with Crippen LogP contribution in [-0.4, -0.2) is 20.4 Å². The Morgan fingerprint density at radius 1 is 1.58 bits per heavy atom. The summed E-state index contributed by atoms with van der Waals surface area (Å²) in [4.78, 5) is 20.7. The first-order valence-corrected chi connectivity index (χ1v) is 7.20. The summed E-state index contributed by atoms with van der Waals surface area (Å²) in [7, 11) is 1.93. The predicted octanol–water partition coefficient (Wildman–Crippen LogP) is 2.46. The molecule has 2 aromatic rings. The Morgan fingerprint density at radius 3 is 2.89 bits per heavy atom. The lowest BCUT2D eigenvalue weighted by molar-refractivity contribution is 0.0927. The maximum atomic E-state index is 12.1. The van der Waals surface area contributed by atoms with Crippen LogP contribution in [0.15, 0.2) is 17.8 Å². The largest absolute Gasteiger partial charge is 0.341 e. The van der Waals surface area contributed by atoms with E-state index in [4.69, 9.17) is 0 Å². The molecule has 0 radical (unpaired) electrons. The fraction of sp³-hybridized carbons (Fsp3) is 0.462. The molecule has 0 saturated carbocycles. The Kier molecular flexibility index (Phi) is 4.31. The number of aryl methyl sites for hydroxylation is 2. The SMILES string of the molecule is CCC[C@@H](NC(=O)c1csc(C)n1)c1nccn1C. The molecule has 0 fully saturated rings. The number of hydrogen-bond acceptors (Lipinski definition) is 4. The fourth-order valence-electron chi connectivity index (χ4n) is 1.97. The van der Waals surface area contributed by atoms with Crippen molar-refractivity contribution in [3.63, 3.8) is 0 Å². The molecule has 1 amide bonds. The van der Waals surface area contributed by atoms with Crippen LogP contribution < -0.4 is 5.32 Å². The molecular weight excluding hydrogens is 260 g/mol. The first-order chi connectivity index (χ1) is 9.11. The van der Waals surface area contributed by atoms with Gasteiger partial charge in [-0.05, 0) is 13.3 Å². The van der Waals surface area contributed by atoms with Crippen LogP contribution >= 0.6 is 11.3 Å². The number of carbonyl (C=O) groups is 1. The summed E-state index contributed by atoms with van der Waals surface area (Å²) in [6, 6.07) is -0.0699. The smallest absolute Gasteiger partial charge is 0.271 e. The number of imidazole rings is 1. The molecule has 2 aromatic heterocycles. The molecular formula is C13H18N4OS. The van der Waals surface area contributed by atoms with Gasteiger partial charge >= 0.3 is 0 Å². The molecule has 0 spiro atoms. The summed E-state index contributed by atoms with van der Waals surface area (Å²) in [6.07, 6.45) is 5.47. The van der Waals surface area contributed by atoms with Crippen molar-refractivity contribution in [2.45, 2.75) is 32.7 Å². The number of nitrogens with one attached hydrogen (secondary N) is 1. The monoisotopic (exact) mass is 278 g/mol. The summed E-state index contributed by atoms with van der Waals surface area (Å²) in [6.45, 7) is 3.98. The second kappa shape index (κ2) is 5.97. The van der Waals surface area contributed by atoms with Crippen molar-refractivity contribution >= 4 is 17.2 Å². The van der Waals surface area contributed by atoms with E-state index >= 15 is 0 Å². The number of amides is 1. The summed E-state index contributed by atoms with van der Waals surface area (Å²) >= 11 is 1.48. The molecule has 2 heterocycles. The van der Waals surface area contributed by atoms with Gasteiger partial charge in [-0.15, -0.1) is 11.3 Å². The lowest BCUT2D eigenvalue weighted by atomic mass is 10.1.